The van der Waals surface area contributed by atoms with Gasteiger partial charge in [-0.25, -0.2) is 9.67 Å². The number of anilines is 1. The number of pyridine rings is 1. The molecule has 37 heavy (non-hydrogen) atoms. The Kier molecular flexibility index (Phi) is 7.21. The third-order valence-electron chi connectivity index (χ3n) is 7.16. The first-order chi connectivity index (χ1) is 18.2. The van der Waals surface area contributed by atoms with E-state index in [1.807, 2.05) is 28.3 Å². The lowest BCUT2D eigenvalue weighted by Gasteiger charge is -2.29. The molecule has 6 rings (SSSR count). The van der Waals surface area contributed by atoms with Crippen molar-refractivity contribution in [2.75, 3.05) is 64.6 Å². The van der Waals surface area contributed by atoms with Gasteiger partial charge in [-0.1, -0.05) is 18.2 Å². The predicted octanol–water partition coefficient (Wildman–Crippen LogP) is 4.53. The fraction of sp³-hybridized carbons (Fsp3) is 0.429. The molecule has 4 aromatic rings. The second-order valence-electron chi connectivity index (χ2n) is 9.56. The van der Waals surface area contributed by atoms with Crippen LogP contribution in [0.4, 0.5) is 5.69 Å². The van der Waals surface area contributed by atoms with Crippen LogP contribution in [0.2, 0.25) is 0 Å². The molecule has 0 amide bonds. The highest BCUT2D eigenvalue weighted by Crippen LogP contribution is 2.36. The van der Waals surface area contributed by atoms with E-state index in [4.69, 9.17) is 24.3 Å². The Morgan fingerprint density at radius 3 is 2.57 bits per heavy atom. The van der Waals surface area contributed by atoms with Gasteiger partial charge in [-0.2, -0.15) is 5.10 Å². The quantitative estimate of drug-likeness (QED) is 0.356. The SMILES string of the molecule is COC(C)c1cccc(-c2ccn(-c3cc(N4CCOCC4)c4sc(CN5CCOCC5)cc4n3)n2)c1. The van der Waals surface area contributed by atoms with Crippen molar-refractivity contribution in [1.29, 1.82) is 0 Å². The molecule has 0 spiro atoms. The van der Waals surface area contributed by atoms with E-state index in [9.17, 15) is 0 Å². The Balaban J connectivity index is 1.35. The predicted molar refractivity (Wildman–Crippen MR) is 147 cm³/mol. The van der Waals surface area contributed by atoms with E-state index in [-0.39, 0.29) is 6.10 Å². The molecule has 0 N–H and O–H groups in total. The van der Waals surface area contributed by atoms with Crippen molar-refractivity contribution in [2.45, 2.75) is 19.6 Å². The summed E-state index contributed by atoms with van der Waals surface area (Å²) in [5.41, 5.74) is 5.36. The number of methoxy groups -OCH3 is 1. The fourth-order valence-corrected chi connectivity index (χ4v) is 6.13. The molecule has 194 valence electrons. The van der Waals surface area contributed by atoms with E-state index in [0.29, 0.717) is 0 Å². The Morgan fingerprint density at radius 2 is 1.78 bits per heavy atom. The van der Waals surface area contributed by atoms with Crippen molar-refractivity contribution in [3.05, 3.63) is 59.1 Å². The van der Waals surface area contributed by atoms with Gasteiger partial charge in [-0.05, 0) is 30.7 Å². The summed E-state index contributed by atoms with van der Waals surface area (Å²) in [5, 5.41) is 4.92. The van der Waals surface area contributed by atoms with Crippen molar-refractivity contribution in [3.63, 3.8) is 0 Å². The Labute approximate surface area is 221 Å². The number of ether oxygens (including phenoxy) is 3. The zero-order valence-corrected chi connectivity index (χ0v) is 22.2. The van der Waals surface area contributed by atoms with Gasteiger partial charge in [0, 0.05) is 62.5 Å². The van der Waals surface area contributed by atoms with E-state index >= 15 is 0 Å². The minimum Gasteiger partial charge on any atom is -0.379 e. The first-order valence-electron chi connectivity index (χ1n) is 12.9. The maximum atomic E-state index is 5.64. The number of aromatic nitrogens is 3. The summed E-state index contributed by atoms with van der Waals surface area (Å²) in [6.45, 7) is 9.80. The van der Waals surface area contributed by atoms with Gasteiger partial charge in [0.1, 0.15) is 0 Å². The van der Waals surface area contributed by atoms with Crippen molar-refractivity contribution >= 4 is 27.2 Å². The molecule has 0 saturated carbocycles. The molecule has 0 radical (unpaired) electrons. The minimum absolute atomic E-state index is 0.0347. The Bertz CT molecular complexity index is 1360. The molecule has 1 atom stereocenters. The molecule has 2 aliphatic rings. The van der Waals surface area contributed by atoms with Crippen LogP contribution in [0.5, 0.6) is 0 Å². The molecular weight excluding hydrogens is 486 g/mol. The summed E-state index contributed by atoms with van der Waals surface area (Å²) in [6.07, 6.45) is 2.03. The van der Waals surface area contributed by atoms with Gasteiger partial charge in [-0.3, -0.25) is 4.90 Å². The zero-order chi connectivity index (χ0) is 25.2. The van der Waals surface area contributed by atoms with Crippen LogP contribution in [0.1, 0.15) is 23.5 Å². The van der Waals surface area contributed by atoms with Crippen LogP contribution in [0, 0.1) is 0 Å². The standard InChI is InChI=1S/C28H33N5O3S/c1-20(34-2)21-4-3-5-22(16-21)24-6-7-33(30-24)27-18-26(32-10-14-36-15-11-32)28-25(29-27)17-23(37-28)19-31-8-12-35-13-9-31/h3-7,16-18,20H,8-15,19H2,1-2H3. The summed E-state index contributed by atoms with van der Waals surface area (Å²) < 4.78 is 19.8. The topological polar surface area (TPSA) is 64.9 Å². The van der Waals surface area contributed by atoms with Crippen LogP contribution in [0.3, 0.4) is 0 Å². The number of rotatable bonds is 7. The van der Waals surface area contributed by atoms with Gasteiger partial charge in [0.25, 0.3) is 0 Å². The second-order valence-corrected chi connectivity index (χ2v) is 10.7. The van der Waals surface area contributed by atoms with Crippen molar-refractivity contribution < 1.29 is 14.2 Å². The number of thiophene rings is 1. The highest BCUT2D eigenvalue weighted by atomic mass is 32.1. The molecule has 0 aliphatic carbocycles. The third-order valence-corrected chi connectivity index (χ3v) is 8.29. The molecule has 0 bridgehead atoms. The molecular formula is C28H33N5O3S. The maximum absolute atomic E-state index is 5.64. The lowest BCUT2D eigenvalue weighted by atomic mass is 10.1. The Hall–Kier alpha value is -2.82. The van der Waals surface area contributed by atoms with Crippen LogP contribution in [-0.4, -0.2) is 79.4 Å². The number of morpholine rings is 2. The fourth-order valence-electron chi connectivity index (χ4n) is 4.95. The Morgan fingerprint density at radius 1 is 1.00 bits per heavy atom. The van der Waals surface area contributed by atoms with E-state index < -0.39 is 0 Å². The monoisotopic (exact) mass is 519 g/mol. The average Bonchev–Trinajstić information content (AvgIpc) is 3.60. The number of fused-ring (bicyclic) bond motifs is 1. The van der Waals surface area contributed by atoms with Crippen LogP contribution < -0.4 is 4.90 Å². The highest BCUT2D eigenvalue weighted by molar-refractivity contribution is 7.19. The zero-order valence-electron chi connectivity index (χ0n) is 21.4. The van der Waals surface area contributed by atoms with Crippen molar-refractivity contribution in [2.24, 2.45) is 0 Å². The first-order valence-corrected chi connectivity index (χ1v) is 13.7. The molecule has 8 nitrogen and oxygen atoms in total. The number of hydrogen-bond acceptors (Lipinski definition) is 8. The number of nitrogens with zero attached hydrogens (tertiary/aromatic N) is 5. The summed E-state index contributed by atoms with van der Waals surface area (Å²) in [5.74, 6) is 0.831. The molecule has 5 heterocycles. The maximum Gasteiger partial charge on any atom is 0.156 e. The van der Waals surface area contributed by atoms with E-state index in [1.54, 1.807) is 7.11 Å². The first kappa shape index (κ1) is 24.5. The minimum atomic E-state index is 0.0347. The van der Waals surface area contributed by atoms with E-state index in [0.717, 1.165) is 87.3 Å². The van der Waals surface area contributed by atoms with Crippen molar-refractivity contribution in [3.8, 4) is 17.1 Å². The van der Waals surface area contributed by atoms with E-state index in [1.165, 1.54) is 15.3 Å². The second kappa shape index (κ2) is 10.9. The molecule has 2 saturated heterocycles. The highest BCUT2D eigenvalue weighted by Gasteiger charge is 2.20. The molecule has 1 unspecified atom stereocenters. The van der Waals surface area contributed by atoms with E-state index in [2.05, 4.69) is 53.1 Å². The number of benzene rings is 1. The summed E-state index contributed by atoms with van der Waals surface area (Å²) in [4.78, 5) is 11.3. The van der Waals surface area contributed by atoms with Gasteiger partial charge in [0.15, 0.2) is 5.82 Å². The van der Waals surface area contributed by atoms with Crippen LogP contribution in [0.15, 0.2) is 48.7 Å². The molecule has 1 aromatic carbocycles. The average molecular weight is 520 g/mol. The third kappa shape index (κ3) is 5.28. The number of hydrogen-bond donors (Lipinski definition) is 0. The lowest BCUT2D eigenvalue weighted by Crippen LogP contribution is -2.36. The molecule has 2 aliphatic heterocycles. The van der Waals surface area contributed by atoms with Crippen LogP contribution in [-0.2, 0) is 20.8 Å². The lowest BCUT2D eigenvalue weighted by molar-refractivity contribution is 0.0346. The van der Waals surface area contributed by atoms with Crippen LogP contribution >= 0.6 is 11.3 Å². The normalized spacial score (nSPS) is 17.9. The van der Waals surface area contributed by atoms with Gasteiger partial charge in [0.05, 0.1) is 54.1 Å². The van der Waals surface area contributed by atoms with Crippen LogP contribution in [0.25, 0.3) is 27.3 Å². The van der Waals surface area contributed by atoms with Gasteiger partial charge in [0.2, 0.25) is 0 Å². The summed E-state index contributed by atoms with van der Waals surface area (Å²) >= 11 is 1.85. The van der Waals surface area contributed by atoms with Gasteiger partial charge < -0.3 is 19.1 Å². The van der Waals surface area contributed by atoms with Gasteiger partial charge in [-0.15, -0.1) is 11.3 Å². The van der Waals surface area contributed by atoms with Gasteiger partial charge >= 0.3 is 0 Å². The smallest absolute Gasteiger partial charge is 0.156 e. The molecule has 2 fully saturated rings. The molecule has 3 aromatic heterocycles. The summed E-state index contributed by atoms with van der Waals surface area (Å²) in [7, 11) is 1.73. The van der Waals surface area contributed by atoms with Crippen molar-refractivity contribution in [1.82, 2.24) is 19.7 Å². The largest absolute Gasteiger partial charge is 0.379 e. The summed E-state index contributed by atoms with van der Waals surface area (Å²) in [6, 6.07) is 14.9. The molecule has 9 heteroatoms.